The Hall–Kier alpha value is -3.89. The lowest BCUT2D eigenvalue weighted by molar-refractivity contribution is -0.123. The van der Waals surface area contributed by atoms with Crippen molar-refractivity contribution in [2.45, 2.75) is 11.2 Å². The summed E-state index contributed by atoms with van der Waals surface area (Å²) in [5.74, 6) is -2.50. The lowest BCUT2D eigenvalue weighted by Crippen LogP contribution is -2.40. The van der Waals surface area contributed by atoms with Gasteiger partial charge in [0.25, 0.3) is 0 Å². The molecule has 0 spiro atoms. The maximum Gasteiger partial charge on any atom is 0.161 e. The molecule has 232 valence electrons. The molecule has 2 aliphatic heterocycles. The van der Waals surface area contributed by atoms with Crippen LogP contribution in [0.15, 0.2) is 96.5 Å². The van der Waals surface area contributed by atoms with E-state index in [2.05, 4.69) is 9.80 Å². The Bertz CT molecular complexity index is 1380. The predicted octanol–water partition coefficient (Wildman–Crippen LogP) is 4.57. The van der Waals surface area contributed by atoms with Crippen LogP contribution in [0.25, 0.3) is 0 Å². The normalized spacial score (nSPS) is 28.9. The molecule has 9 heteroatoms. The molecule has 2 N–H and O–H groups in total. The highest BCUT2D eigenvalue weighted by atomic mass is 16.5. The Morgan fingerprint density at radius 3 is 1.45 bits per heavy atom. The zero-order chi connectivity index (χ0) is 30.7. The van der Waals surface area contributed by atoms with Gasteiger partial charge in [-0.3, -0.25) is 4.79 Å². The third kappa shape index (κ3) is 5.45. The number of allylic oxidation sites excluding steroid dienone is 2. The summed E-state index contributed by atoms with van der Waals surface area (Å²) in [5.41, 5.74) is 1.57. The van der Waals surface area contributed by atoms with E-state index in [1.807, 2.05) is 60.7 Å². The molecule has 2 heterocycles. The molecule has 2 aliphatic carbocycles. The van der Waals surface area contributed by atoms with Crippen molar-refractivity contribution in [2.75, 3.05) is 76.6 Å². The van der Waals surface area contributed by atoms with E-state index in [1.54, 1.807) is 38.5 Å². The van der Waals surface area contributed by atoms with Crippen LogP contribution in [0.2, 0.25) is 0 Å². The van der Waals surface area contributed by atoms with Gasteiger partial charge in [0.05, 0.1) is 38.3 Å². The molecule has 0 amide bonds. The Labute approximate surface area is 258 Å². The fourth-order valence-electron chi connectivity index (χ4n) is 6.64. The van der Waals surface area contributed by atoms with Crippen LogP contribution in [-0.2, 0) is 34.9 Å². The molecular formula is C35H40N2O7. The first kappa shape index (κ1) is 30.1. The molecule has 0 bridgehead atoms. The van der Waals surface area contributed by atoms with E-state index >= 15 is 0 Å². The van der Waals surface area contributed by atoms with Crippen LogP contribution in [-0.4, -0.2) is 82.8 Å². The number of hydrogen-bond acceptors (Lipinski definition) is 9. The summed E-state index contributed by atoms with van der Waals surface area (Å²) in [7, 11) is 3.17. The van der Waals surface area contributed by atoms with Gasteiger partial charge in [0, 0.05) is 62.9 Å². The summed E-state index contributed by atoms with van der Waals surface area (Å²) in [6.07, 6.45) is 10.2. The van der Waals surface area contributed by atoms with Crippen LogP contribution < -0.4 is 9.80 Å². The number of carbonyl (C=O) groups excluding carboxylic acids is 1. The van der Waals surface area contributed by atoms with Crippen molar-refractivity contribution in [1.82, 2.24) is 0 Å². The van der Waals surface area contributed by atoms with Gasteiger partial charge in [0.1, 0.15) is 22.7 Å². The van der Waals surface area contributed by atoms with Gasteiger partial charge in [-0.15, -0.1) is 0 Å². The molecule has 2 fully saturated rings. The van der Waals surface area contributed by atoms with E-state index in [0.717, 1.165) is 48.7 Å². The van der Waals surface area contributed by atoms with Crippen LogP contribution in [0.3, 0.4) is 0 Å². The molecular weight excluding hydrogens is 560 g/mol. The summed E-state index contributed by atoms with van der Waals surface area (Å²) in [6, 6.07) is 15.8. The minimum Gasteiger partial charge on any atom is -0.511 e. The molecule has 6 rings (SSSR count). The number of Topliss-reactive ketones (excluding diaryl/α,β-unsaturated/α-hetero) is 1. The minimum atomic E-state index is -1.07. The van der Waals surface area contributed by atoms with E-state index in [1.165, 1.54) is 0 Å². The standard InChI is InChI=1S/C35H40N2O7/c1-41-34(27-7-3-5-9-29(27)36-15-19-43-20-16-36)13-11-25(31(38)23-34)33(40)26-12-14-35(42-2,24-32(26)39)28-8-4-6-10-30(28)37-17-21-44-22-18-37/h3-14,23-26,38-39H,15-22H2,1-2H3. The number of benzene rings is 2. The Morgan fingerprint density at radius 2 is 1.09 bits per heavy atom. The highest BCUT2D eigenvalue weighted by Crippen LogP contribution is 2.43. The summed E-state index contributed by atoms with van der Waals surface area (Å²) in [5, 5.41) is 22.6. The maximum absolute atomic E-state index is 13.8. The van der Waals surface area contributed by atoms with Crippen molar-refractivity contribution in [2.24, 2.45) is 11.8 Å². The number of rotatable bonds is 8. The highest BCUT2D eigenvalue weighted by molar-refractivity contribution is 5.91. The summed E-state index contributed by atoms with van der Waals surface area (Å²) in [4.78, 5) is 18.3. The van der Waals surface area contributed by atoms with Gasteiger partial charge in [-0.05, 0) is 36.4 Å². The number of ketones is 1. The number of morpholine rings is 2. The first-order valence-electron chi connectivity index (χ1n) is 15.1. The van der Waals surface area contributed by atoms with E-state index in [0.29, 0.717) is 26.4 Å². The van der Waals surface area contributed by atoms with E-state index in [-0.39, 0.29) is 17.3 Å². The number of methoxy groups -OCH3 is 2. The summed E-state index contributed by atoms with van der Waals surface area (Å²) < 4.78 is 23.1. The number of ether oxygens (including phenoxy) is 4. The number of aliphatic hydroxyl groups excluding tert-OH is 2. The molecule has 44 heavy (non-hydrogen) atoms. The lowest BCUT2D eigenvalue weighted by atomic mass is 9.77. The third-order valence-corrected chi connectivity index (χ3v) is 9.08. The van der Waals surface area contributed by atoms with Gasteiger partial charge in [0.2, 0.25) is 0 Å². The SMILES string of the molecule is COC1(c2ccccc2N2CCOCC2)C=CC(C(=O)C2C=CC(OC)(c3ccccc3N3CCOCC3)C=C2O)C(O)=C1. The second-order valence-corrected chi connectivity index (χ2v) is 11.4. The average molecular weight is 601 g/mol. The van der Waals surface area contributed by atoms with Crippen molar-refractivity contribution in [3.8, 4) is 0 Å². The molecule has 0 saturated carbocycles. The lowest BCUT2D eigenvalue weighted by Gasteiger charge is -2.38. The number of carbonyl (C=O) groups is 1. The third-order valence-electron chi connectivity index (χ3n) is 9.08. The number of para-hydroxylation sites is 2. The van der Waals surface area contributed by atoms with Crippen molar-refractivity contribution in [3.05, 3.63) is 108 Å². The fraction of sp³-hybridized carbons (Fsp3) is 0.400. The first-order chi connectivity index (χ1) is 21.4. The molecule has 4 unspecified atom stereocenters. The molecule has 4 atom stereocenters. The van der Waals surface area contributed by atoms with E-state index in [4.69, 9.17) is 18.9 Å². The van der Waals surface area contributed by atoms with Gasteiger partial charge >= 0.3 is 0 Å². The van der Waals surface area contributed by atoms with E-state index < -0.39 is 23.0 Å². The van der Waals surface area contributed by atoms with Gasteiger partial charge in [0.15, 0.2) is 5.78 Å². The van der Waals surface area contributed by atoms with Crippen LogP contribution >= 0.6 is 0 Å². The van der Waals surface area contributed by atoms with Gasteiger partial charge in [-0.25, -0.2) is 0 Å². The molecule has 2 aromatic rings. The first-order valence-corrected chi connectivity index (χ1v) is 15.1. The largest absolute Gasteiger partial charge is 0.511 e. The van der Waals surface area contributed by atoms with Crippen LogP contribution in [0, 0.1) is 11.8 Å². The second-order valence-electron chi connectivity index (χ2n) is 11.4. The maximum atomic E-state index is 13.8. The number of nitrogens with zero attached hydrogens (tertiary/aromatic N) is 2. The minimum absolute atomic E-state index is 0.126. The van der Waals surface area contributed by atoms with Crippen LogP contribution in [0.5, 0.6) is 0 Å². The molecule has 0 radical (unpaired) electrons. The van der Waals surface area contributed by atoms with Crippen molar-refractivity contribution >= 4 is 17.2 Å². The Morgan fingerprint density at radius 1 is 0.705 bits per heavy atom. The van der Waals surface area contributed by atoms with Gasteiger partial charge in [-0.2, -0.15) is 0 Å². The highest BCUT2D eigenvalue weighted by Gasteiger charge is 2.42. The van der Waals surface area contributed by atoms with Crippen LogP contribution in [0.1, 0.15) is 11.1 Å². The average Bonchev–Trinajstić information content (AvgIpc) is 3.08. The quantitative estimate of drug-likeness (QED) is 0.422. The molecule has 0 aromatic heterocycles. The monoisotopic (exact) mass is 600 g/mol. The smallest absolute Gasteiger partial charge is 0.161 e. The molecule has 2 aromatic carbocycles. The number of aliphatic hydroxyl groups is 2. The number of hydrogen-bond donors (Lipinski definition) is 2. The molecule has 4 aliphatic rings. The zero-order valence-corrected chi connectivity index (χ0v) is 25.2. The fourth-order valence-corrected chi connectivity index (χ4v) is 6.64. The van der Waals surface area contributed by atoms with Gasteiger partial charge < -0.3 is 39.0 Å². The van der Waals surface area contributed by atoms with Crippen molar-refractivity contribution in [1.29, 1.82) is 0 Å². The molecule has 2 saturated heterocycles. The van der Waals surface area contributed by atoms with Gasteiger partial charge in [-0.1, -0.05) is 48.6 Å². The summed E-state index contributed by atoms with van der Waals surface area (Å²) >= 11 is 0. The summed E-state index contributed by atoms with van der Waals surface area (Å²) in [6.45, 7) is 5.53. The predicted molar refractivity (Wildman–Crippen MR) is 168 cm³/mol. The Balaban J connectivity index is 1.26. The van der Waals surface area contributed by atoms with E-state index in [9.17, 15) is 15.0 Å². The second kappa shape index (κ2) is 12.6. The van der Waals surface area contributed by atoms with Crippen molar-refractivity contribution < 1.29 is 34.0 Å². The van der Waals surface area contributed by atoms with Crippen molar-refractivity contribution in [3.63, 3.8) is 0 Å². The zero-order valence-electron chi connectivity index (χ0n) is 25.2. The molecule has 9 nitrogen and oxygen atoms in total. The topological polar surface area (TPSA) is 101 Å². The van der Waals surface area contributed by atoms with Crippen LogP contribution in [0.4, 0.5) is 11.4 Å². The Kier molecular flexibility index (Phi) is 8.64. The number of anilines is 2.